The molecular weight excluding hydrogens is 488 g/mol. The zero-order chi connectivity index (χ0) is 23.0. The Morgan fingerprint density at radius 1 is 0.938 bits per heavy atom. The van der Waals surface area contributed by atoms with Gasteiger partial charge in [-0.05, 0) is 69.9 Å². The van der Waals surface area contributed by atoms with Gasteiger partial charge in [0.15, 0.2) is 5.75 Å². The molecule has 0 aliphatic carbocycles. The Bertz CT molecular complexity index is 982. The maximum Gasteiger partial charge on any atom is 0.152 e. The second kappa shape index (κ2) is 11.7. The maximum atomic E-state index is 6.52. The van der Waals surface area contributed by atoms with Crippen LogP contribution in [0.3, 0.4) is 0 Å². The van der Waals surface area contributed by atoms with Crippen LogP contribution in [-0.4, -0.2) is 13.2 Å². The number of hydrogen-bond acceptors (Lipinski definition) is 3. The fourth-order valence-corrected chi connectivity index (χ4v) is 4.20. The normalized spacial score (nSPS) is 11.4. The van der Waals surface area contributed by atoms with E-state index in [-0.39, 0.29) is 5.41 Å². The molecule has 0 spiro atoms. The average molecular weight is 518 g/mol. The first-order valence-electron chi connectivity index (χ1n) is 10.9. The van der Waals surface area contributed by atoms with Crippen LogP contribution >= 0.6 is 27.5 Å². The molecule has 0 bridgehead atoms. The number of halogens is 2. The van der Waals surface area contributed by atoms with Crippen LogP contribution < -0.4 is 9.47 Å². The molecule has 0 aromatic heterocycles. The average Bonchev–Trinajstić information content (AvgIpc) is 2.76. The SMILES string of the molecule is CCCCOc1c(Cl)cc(C(C)(C)COCc2cccc(Oc3ccccc3)c2)cc1Br. The van der Waals surface area contributed by atoms with Crippen LogP contribution in [0, 0.1) is 0 Å². The molecule has 32 heavy (non-hydrogen) atoms. The summed E-state index contributed by atoms with van der Waals surface area (Å²) in [5, 5.41) is 0.615. The Balaban J connectivity index is 1.60. The molecule has 0 N–H and O–H groups in total. The number of para-hydroxylation sites is 1. The Kier molecular flexibility index (Phi) is 9.03. The van der Waals surface area contributed by atoms with Gasteiger partial charge in [-0.25, -0.2) is 0 Å². The van der Waals surface area contributed by atoms with Crippen LogP contribution in [0.15, 0.2) is 71.2 Å². The van der Waals surface area contributed by atoms with Gasteiger partial charge in [0.2, 0.25) is 0 Å². The lowest BCUT2D eigenvalue weighted by atomic mass is 9.85. The molecule has 0 radical (unpaired) electrons. The Morgan fingerprint density at radius 2 is 1.69 bits per heavy atom. The summed E-state index contributed by atoms with van der Waals surface area (Å²) >= 11 is 10.1. The van der Waals surface area contributed by atoms with Crippen LogP contribution in [-0.2, 0) is 16.8 Å². The zero-order valence-electron chi connectivity index (χ0n) is 18.9. The molecule has 0 atom stereocenters. The highest BCUT2D eigenvalue weighted by Crippen LogP contribution is 2.38. The second-order valence-electron chi connectivity index (χ2n) is 8.41. The van der Waals surface area contributed by atoms with Crippen LogP contribution in [0.1, 0.15) is 44.7 Å². The van der Waals surface area contributed by atoms with Gasteiger partial charge >= 0.3 is 0 Å². The van der Waals surface area contributed by atoms with E-state index in [4.69, 9.17) is 25.8 Å². The molecule has 0 fully saturated rings. The minimum atomic E-state index is -0.216. The minimum absolute atomic E-state index is 0.216. The molecule has 3 aromatic rings. The van der Waals surface area contributed by atoms with Crippen LogP contribution in [0.5, 0.6) is 17.2 Å². The topological polar surface area (TPSA) is 27.7 Å². The van der Waals surface area contributed by atoms with Crippen molar-refractivity contribution in [2.45, 2.75) is 45.6 Å². The molecule has 0 unspecified atom stereocenters. The summed E-state index contributed by atoms with van der Waals surface area (Å²) in [6.45, 7) is 8.15. The molecule has 0 saturated carbocycles. The fraction of sp³-hybridized carbons (Fsp3) is 0.333. The fourth-order valence-electron chi connectivity index (χ4n) is 3.24. The smallest absolute Gasteiger partial charge is 0.152 e. The van der Waals surface area contributed by atoms with E-state index >= 15 is 0 Å². The van der Waals surface area contributed by atoms with Crippen molar-refractivity contribution in [2.24, 2.45) is 0 Å². The molecule has 5 heteroatoms. The first kappa shape index (κ1) is 24.6. The summed E-state index contributed by atoms with van der Waals surface area (Å²) in [5.74, 6) is 2.32. The van der Waals surface area contributed by atoms with Gasteiger partial charge in [-0.3, -0.25) is 0 Å². The van der Waals surface area contributed by atoms with Crippen LogP contribution in [0.25, 0.3) is 0 Å². The van der Waals surface area contributed by atoms with Gasteiger partial charge in [-0.15, -0.1) is 0 Å². The van der Waals surface area contributed by atoms with Gasteiger partial charge in [0, 0.05) is 5.41 Å². The lowest BCUT2D eigenvalue weighted by Gasteiger charge is -2.26. The van der Waals surface area contributed by atoms with Crippen LogP contribution in [0.2, 0.25) is 5.02 Å². The predicted octanol–water partition coefficient (Wildman–Crippen LogP) is 8.57. The van der Waals surface area contributed by atoms with E-state index in [0.29, 0.717) is 30.6 Å². The highest BCUT2D eigenvalue weighted by molar-refractivity contribution is 9.10. The number of unbranched alkanes of at least 4 members (excludes halogenated alkanes) is 1. The predicted molar refractivity (Wildman–Crippen MR) is 135 cm³/mol. The lowest BCUT2D eigenvalue weighted by Crippen LogP contribution is -2.24. The molecule has 0 aliphatic rings. The second-order valence-corrected chi connectivity index (χ2v) is 9.67. The minimum Gasteiger partial charge on any atom is -0.491 e. The van der Waals surface area contributed by atoms with Gasteiger partial charge in [0.05, 0.1) is 29.3 Å². The number of ether oxygens (including phenoxy) is 3. The zero-order valence-corrected chi connectivity index (χ0v) is 21.2. The maximum absolute atomic E-state index is 6.52. The Hall–Kier alpha value is -2.01. The molecule has 0 saturated heterocycles. The van der Waals surface area contributed by atoms with Crippen molar-refractivity contribution in [3.05, 3.63) is 87.4 Å². The van der Waals surface area contributed by atoms with Crippen molar-refractivity contribution < 1.29 is 14.2 Å². The molecule has 3 nitrogen and oxygen atoms in total. The summed E-state index contributed by atoms with van der Waals surface area (Å²) in [6.07, 6.45) is 2.08. The molecule has 3 aromatic carbocycles. The quantitative estimate of drug-likeness (QED) is 0.238. The van der Waals surface area contributed by atoms with E-state index in [1.165, 1.54) is 0 Å². The van der Waals surface area contributed by atoms with E-state index in [9.17, 15) is 0 Å². The van der Waals surface area contributed by atoms with E-state index in [2.05, 4.69) is 42.8 Å². The highest BCUT2D eigenvalue weighted by Gasteiger charge is 2.24. The van der Waals surface area contributed by atoms with Crippen molar-refractivity contribution in [1.29, 1.82) is 0 Å². The number of hydrogen-bond donors (Lipinski definition) is 0. The van der Waals surface area contributed by atoms with Crippen molar-refractivity contribution in [3.63, 3.8) is 0 Å². The summed E-state index contributed by atoms with van der Waals surface area (Å²) in [7, 11) is 0. The molecule has 0 amide bonds. The number of rotatable bonds is 11. The third-order valence-electron chi connectivity index (χ3n) is 5.13. The Labute approximate surface area is 204 Å². The van der Waals surface area contributed by atoms with Gasteiger partial charge in [-0.2, -0.15) is 0 Å². The number of benzene rings is 3. The monoisotopic (exact) mass is 516 g/mol. The van der Waals surface area contributed by atoms with Gasteiger partial charge in [0.1, 0.15) is 11.5 Å². The summed E-state index contributed by atoms with van der Waals surface area (Å²) in [5.41, 5.74) is 1.94. The van der Waals surface area contributed by atoms with Gasteiger partial charge in [0.25, 0.3) is 0 Å². The molecule has 0 aliphatic heterocycles. The van der Waals surface area contributed by atoms with Crippen molar-refractivity contribution in [3.8, 4) is 17.2 Å². The molecule has 170 valence electrons. The van der Waals surface area contributed by atoms with E-state index in [1.54, 1.807) is 0 Å². The highest BCUT2D eigenvalue weighted by atomic mass is 79.9. The van der Waals surface area contributed by atoms with Crippen molar-refractivity contribution in [2.75, 3.05) is 13.2 Å². The van der Waals surface area contributed by atoms with Gasteiger partial charge in [-0.1, -0.05) is 69.1 Å². The third kappa shape index (κ3) is 6.99. The molecular formula is C27H30BrClO3. The van der Waals surface area contributed by atoms with Crippen molar-refractivity contribution in [1.82, 2.24) is 0 Å². The van der Waals surface area contributed by atoms with E-state index < -0.39 is 0 Å². The van der Waals surface area contributed by atoms with Crippen LogP contribution in [0.4, 0.5) is 0 Å². The summed E-state index contributed by atoms with van der Waals surface area (Å²) < 4.78 is 18.7. The largest absolute Gasteiger partial charge is 0.491 e. The Morgan fingerprint density at radius 3 is 2.41 bits per heavy atom. The third-order valence-corrected chi connectivity index (χ3v) is 6.00. The first-order chi connectivity index (χ1) is 15.4. The summed E-state index contributed by atoms with van der Waals surface area (Å²) in [4.78, 5) is 0. The lowest BCUT2D eigenvalue weighted by molar-refractivity contribution is 0.0823. The molecule has 0 heterocycles. The first-order valence-corrected chi connectivity index (χ1v) is 12.1. The molecule has 3 rings (SSSR count). The van der Waals surface area contributed by atoms with Crippen molar-refractivity contribution >= 4 is 27.5 Å². The standard InChI is InChI=1S/C27H30BrClO3/c1-4-5-14-31-26-24(28)16-21(17-25(26)29)27(2,3)19-30-18-20-10-9-13-23(15-20)32-22-11-7-6-8-12-22/h6-13,15-17H,4-5,14,18-19H2,1-3H3. The van der Waals surface area contributed by atoms with E-state index in [0.717, 1.165) is 39.9 Å². The van der Waals surface area contributed by atoms with E-state index in [1.807, 2.05) is 60.7 Å². The summed E-state index contributed by atoms with van der Waals surface area (Å²) in [6, 6.07) is 21.8. The van der Waals surface area contributed by atoms with Gasteiger partial charge < -0.3 is 14.2 Å².